The largest absolute Gasteiger partial charge is 0.338 e. The molecule has 0 bridgehead atoms. The molecule has 4 rings (SSSR count). The molecule has 0 saturated carbocycles. The highest BCUT2D eigenvalue weighted by Gasteiger charge is 2.24. The first-order valence-electron chi connectivity index (χ1n) is 11.1. The van der Waals surface area contributed by atoms with Gasteiger partial charge in [0.2, 0.25) is 5.91 Å². The van der Waals surface area contributed by atoms with E-state index in [4.69, 9.17) is 0 Å². The number of halogens is 1. The third-order valence-corrected chi connectivity index (χ3v) is 6.62. The zero-order valence-corrected chi connectivity index (χ0v) is 20.0. The van der Waals surface area contributed by atoms with Crippen LogP contribution in [-0.2, 0) is 4.79 Å². The molecular weight excluding hydrogens is 455 g/mol. The Morgan fingerprint density at radius 1 is 1.00 bits per heavy atom. The molecule has 2 aromatic carbocycles. The minimum absolute atomic E-state index is 0.00621. The van der Waals surface area contributed by atoms with E-state index in [1.165, 1.54) is 41.6 Å². The van der Waals surface area contributed by atoms with E-state index in [1.54, 1.807) is 16.1 Å². The number of rotatable bonds is 6. The number of carbonyl (C=O) groups is 2. The molecule has 0 aliphatic carbocycles. The van der Waals surface area contributed by atoms with Crippen molar-refractivity contribution in [3.05, 3.63) is 66.2 Å². The minimum Gasteiger partial charge on any atom is -0.338 e. The smallest absolute Gasteiger partial charge is 0.321 e. The van der Waals surface area contributed by atoms with E-state index in [0.717, 1.165) is 5.69 Å². The van der Waals surface area contributed by atoms with Gasteiger partial charge in [-0.15, -0.1) is 10.2 Å². The summed E-state index contributed by atoms with van der Waals surface area (Å²) in [5.41, 5.74) is 2.74. The first-order valence-corrected chi connectivity index (χ1v) is 12.1. The quantitative estimate of drug-likeness (QED) is 0.537. The highest BCUT2D eigenvalue weighted by molar-refractivity contribution is 7.99. The number of aromatic nitrogens is 3. The van der Waals surface area contributed by atoms with Gasteiger partial charge in [-0.1, -0.05) is 37.7 Å². The maximum atomic E-state index is 13.0. The number of nitrogens with one attached hydrogen (secondary N) is 1. The van der Waals surface area contributed by atoms with E-state index < -0.39 is 0 Å². The van der Waals surface area contributed by atoms with Crippen molar-refractivity contribution in [2.24, 2.45) is 0 Å². The Kier molecular flexibility index (Phi) is 7.46. The van der Waals surface area contributed by atoms with Crippen LogP contribution in [0.2, 0.25) is 0 Å². The van der Waals surface area contributed by atoms with Crippen molar-refractivity contribution in [3.63, 3.8) is 0 Å². The average Bonchev–Trinajstić information content (AvgIpc) is 3.32. The lowest BCUT2D eigenvalue weighted by Gasteiger charge is -2.34. The van der Waals surface area contributed by atoms with E-state index in [9.17, 15) is 14.0 Å². The number of nitrogens with zero attached hydrogens (tertiary/aromatic N) is 5. The second-order valence-electron chi connectivity index (χ2n) is 8.32. The predicted octanol–water partition coefficient (Wildman–Crippen LogP) is 4.00. The molecule has 8 nitrogen and oxygen atoms in total. The van der Waals surface area contributed by atoms with E-state index in [1.807, 2.05) is 16.7 Å². The Labute approximate surface area is 202 Å². The molecule has 0 unspecified atom stereocenters. The van der Waals surface area contributed by atoms with Crippen LogP contribution in [0.15, 0.2) is 60.0 Å². The van der Waals surface area contributed by atoms with Crippen molar-refractivity contribution in [2.45, 2.75) is 24.9 Å². The van der Waals surface area contributed by atoms with Crippen LogP contribution in [0.25, 0.3) is 5.69 Å². The fourth-order valence-electron chi connectivity index (χ4n) is 3.63. The van der Waals surface area contributed by atoms with Gasteiger partial charge in [-0.2, -0.15) is 0 Å². The third-order valence-electron chi connectivity index (χ3n) is 5.69. The number of carbonyl (C=O) groups excluding carboxylic acids is 2. The fourth-order valence-corrected chi connectivity index (χ4v) is 4.46. The fraction of sp³-hybridized carbons (Fsp3) is 0.333. The zero-order chi connectivity index (χ0) is 24.1. The Balaban J connectivity index is 1.27. The maximum Gasteiger partial charge on any atom is 0.321 e. The van der Waals surface area contributed by atoms with Gasteiger partial charge in [0.1, 0.15) is 12.1 Å². The van der Waals surface area contributed by atoms with Crippen LogP contribution in [0.4, 0.5) is 14.9 Å². The van der Waals surface area contributed by atoms with Gasteiger partial charge in [0, 0.05) is 37.6 Å². The monoisotopic (exact) mass is 482 g/mol. The summed E-state index contributed by atoms with van der Waals surface area (Å²) in [6, 6.07) is 13.6. The molecule has 0 atom stereocenters. The van der Waals surface area contributed by atoms with Crippen LogP contribution in [0.3, 0.4) is 0 Å². The normalized spacial score (nSPS) is 13.9. The van der Waals surface area contributed by atoms with Gasteiger partial charge >= 0.3 is 6.03 Å². The van der Waals surface area contributed by atoms with E-state index in [0.29, 0.717) is 42.9 Å². The number of thioether (sulfide) groups is 1. The molecule has 1 fully saturated rings. The Hall–Kier alpha value is -3.40. The summed E-state index contributed by atoms with van der Waals surface area (Å²) in [6.07, 6.45) is 1.65. The molecule has 34 heavy (non-hydrogen) atoms. The highest BCUT2D eigenvalue weighted by Crippen LogP contribution is 2.22. The molecule has 1 aliphatic rings. The summed E-state index contributed by atoms with van der Waals surface area (Å²) in [5, 5.41) is 11.6. The Bertz CT molecular complexity index is 1130. The Morgan fingerprint density at radius 3 is 2.29 bits per heavy atom. The lowest BCUT2D eigenvalue weighted by Crippen LogP contribution is -2.52. The number of hydrogen-bond acceptors (Lipinski definition) is 5. The molecule has 1 aliphatic heterocycles. The number of anilines is 1. The first kappa shape index (κ1) is 23.7. The number of piperazine rings is 1. The third kappa shape index (κ3) is 5.74. The topological polar surface area (TPSA) is 83.4 Å². The van der Waals surface area contributed by atoms with Gasteiger partial charge in [0.05, 0.1) is 5.75 Å². The molecule has 1 aromatic heterocycles. The minimum atomic E-state index is -0.356. The second kappa shape index (κ2) is 10.7. The molecule has 0 spiro atoms. The van der Waals surface area contributed by atoms with Crippen LogP contribution in [0.1, 0.15) is 25.3 Å². The molecule has 178 valence electrons. The molecular formula is C24H27FN6O2S. The van der Waals surface area contributed by atoms with Gasteiger partial charge in [-0.05, 0) is 47.9 Å². The lowest BCUT2D eigenvalue weighted by molar-refractivity contribution is -0.129. The number of amides is 3. The van der Waals surface area contributed by atoms with Crippen LogP contribution in [0.5, 0.6) is 0 Å². The maximum absolute atomic E-state index is 13.0. The number of benzene rings is 2. The average molecular weight is 483 g/mol. The van der Waals surface area contributed by atoms with Gasteiger partial charge in [0.25, 0.3) is 0 Å². The van der Waals surface area contributed by atoms with E-state index in [-0.39, 0.29) is 23.5 Å². The van der Waals surface area contributed by atoms with E-state index in [2.05, 4.69) is 41.5 Å². The molecule has 2 heterocycles. The summed E-state index contributed by atoms with van der Waals surface area (Å²) in [6.45, 7) is 6.08. The highest BCUT2D eigenvalue weighted by atomic mass is 32.2. The molecule has 3 amide bonds. The van der Waals surface area contributed by atoms with Gasteiger partial charge in [-0.3, -0.25) is 9.36 Å². The van der Waals surface area contributed by atoms with Crippen LogP contribution >= 0.6 is 11.8 Å². The summed E-state index contributed by atoms with van der Waals surface area (Å²) < 4.78 is 14.9. The number of urea groups is 1. The summed E-state index contributed by atoms with van der Waals surface area (Å²) in [4.78, 5) is 28.6. The van der Waals surface area contributed by atoms with Gasteiger partial charge in [-0.25, -0.2) is 9.18 Å². The molecule has 0 radical (unpaired) electrons. The van der Waals surface area contributed by atoms with Crippen molar-refractivity contribution in [2.75, 3.05) is 37.2 Å². The molecule has 1 N–H and O–H groups in total. The van der Waals surface area contributed by atoms with Crippen molar-refractivity contribution < 1.29 is 14.0 Å². The van der Waals surface area contributed by atoms with Crippen LogP contribution < -0.4 is 5.32 Å². The second-order valence-corrected chi connectivity index (χ2v) is 9.27. The SMILES string of the molecule is CC(C)c1ccc(-n2cnnc2SCC(=O)N2CCN(C(=O)Nc3ccc(F)cc3)CC2)cc1. The van der Waals surface area contributed by atoms with Gasteiger partial charge in [0.15, 0.2) is 5.16 Å². The van der Waals surface area contributed by atoms with E-state index >= 15 is 0 Å². The molecule has 3 aromatic rings. The predicted molar refractivity (Wildman–Crippen MR) is 130 cm³/mol. The van der Waals surface area contributed by atoms with Gasteiger partial charge < -0.3 is 15.1 Å². The molecule has 1 saturated heterocycles. The van der Waals surface area contributed by atoms with Crippen molar-refractivity contribution in [3.8, 4) is 5.69 Å². The summed E-state index contributed by atoms with van der Waals surface area (Å²) >= 11 is 1.35. The van der Waals surface area contributed by atoms with Crippen molar-refractivity contribution >= 4 is 29.4 Å². The summed E-state index contributed by atoms with van der Waals surface area (Å²) in [7, 11) is 0. The van der Waals surface area contributed by atoms with Crippen LogP contribution in [-0.4, -0.2) is 68.4 Å². The number of hydrogen-bond donors (Lipinski definition) is 1. The standard InChI is InChI=1S/C24H27FN6O2S/c1-17(2)18-3-9-21(10-4-18)31-16-26-28-24(31)34-15-22(32)29-11-13-30(14-12-29)23(33)27-20-7-5-19(25)6-8-20/h3-10,16-17H,11-15H2,1-2H3,(H,27,33). The Morgan fingerprint density at radius 2 is 1.65 bits per heavy atom. The molecule has 10 heteroatoms. The summed E-state index contributed by atoms with van der Waals surface area (Å²) in [5.74, 6) is 0.333. The van der Waals surface area contributed by atoms with Crippen molar-refractivity contribution in [1.29, 1.82) is 0 Å². The zero-order valence-electron chi connectivity index (χ0n) is 19.1. The lowest BCUT2D eigenvalue weighted by atomic mass is 10.0. The van der Waals surface area contributed by atoms with Crippen LogP contribution in [0, 0.1) is 5.82 Å². The first-order chi connectivity index (χ1) is 16.4. The van der Waals surface area contributed by atoms with Crippen molar-refractivity contribution in [1.82, 2.24) is 24.6 Å².